The molecule has 7 heteroatoms. The molecule has 6 nitrogen and oxygen atoms in total. The standard InChI is InChI=1S/C17H18N4O2S/c1-12-3-4-15(23-2)14(9-12)21-7-5-13(20-21)16(22)19-17(10-18)6-8-24-11-17/h3-5,7,9H,6,8,11H2,1-2H3,(H,19,22). The summed E-state index contributed by atoms with van der Waals surface area (Å²) in [5.74, 6) is 1.84. The first-order chi connectivity index (χ1) is 11.6. The van der Waals surface area contributed by atoms with Crippen molar-refractivity contribution in [2.45, 2.75) is 18.9 Å². The Kier molecular flexibility index (Phi) is 4.49. The van der Waals surface area contributed by atoms with E-state index in [-0.39, 0.29) is 11.6 Å². The second kappa shape index (κ2) is 6.57. The molecule has 0 bridgehead atoms. The predicted octanol–water partition coefficient (Wildman–Crippen LogP) is 2.32. The van der Waals surface area contributed by atoms with Crippen molar-refractivity contribution in [3.05, 3.63) is 41.7 Å². The molecule has 1 aliphatic heterocycles. The Morgan fingerprint density at radius 1 is 1.50 bits per heavy atom. The number of nitrogens with one attached hydrogen (secondary N) is 1. The van der Waals surface area contributed by atoms with Crippen molar-refractivity contribution < 1.29 is 9.53 Å². The Morgan fingerprint density at radius 2 is 2.33 bits per heavy atom. The van der Waals surface area contributed by atoms with Crippen LogP contribution in [0.3, 0.4) is 0 Å². The van der Waals surface area contributed by atoms with Crippen LogP contribution >= 0.6 is 11.8 Å². The first kappa shape index (κ1) is 16.4. The smallest absolute Gasteiger partial charge is 0.273 e. The highest BCUT2D eigenvalue weighted by Crippen LogP contribution is 2.28. The van der Waals surface area contributed by atoms with Crippen molar-refractivity contribution in [1.29, 1.82) is 5.26 Å². The van der Waals surface area contributed by atoms with Crippen LogP contribution < -0.4 is 10.1 Å². The van der Waals surface area contributed by atoms with E-state index in [1.165, 1.54) is 0 Å². The summed E-state index contributed by atoms with van der Waals surface area (Å²) in [6.45, 7) is 1.98. The summed E-state index contributed by atoms with van der Waals surface area (Å²) in [5.41, 5.74) is 1.33. The zero-order chi connectivity index (χ0) is 17.2. The first-order valence-corrected chi connectivity index (χ1v) is 8.74. The molecule has 2 aromatic rings. The molecule has 1 N–H and O–H groups in total. The molecule has 1 aromatic carbocycles. The number of aryl methyl sites for hydroxylation is 1. The Hall–Kier alpha value is -2.46. The van der Waals surface area contributed by atoms with Gasteiger partial charge in [-0.25, -0.2) is 4.68 Å². The van der Waals surface area contributed by atoms with Crippen LogP contribution in [0.25, 0.3) is 5.69 Å². The number of thioether (sulfide) groups is 1. The van der Waals surface area contributed by atoms with Gasteiger partial charge in [-0.1, -0.05) is 6.07 Å². The molecule has 1 amide bonds. The highest BCUT2D eigenvalue weighted by Gasteiger charge is 2.36. The van der Waals surface area contributed by atoms with E-state index in [1.807, 2.05) is 25.1 Å². The minimum atomic E-state index is -0.785. The maximum atomic E-state index is 12.5. The average Bonchev–Trinajstić information content (AvgIpc) is 3.24. The van der Waals surface area contributed by atoms with Gasteiger partial charge in [0.2, 0.25) is 0 Å². The Morgan fingerprint density at radius 3 is 3.00 bits per heavy atom. The third-order valence-electron chi connectivity index (χ3n) is 3.99. The first-order valence-electron chi connectivity index (χ1n) is 7.59. The zero-order valence-corrected chi connectivity index (χ0v) is 14.4. The number of amides is 1. The molecule has 1 aromatic heterocycles. The van der Waals surface area contributed by atoms with Gasteiger partial charge < -0.3 is 10.1 Å². The van der Waals surface area contributed by atoms with Gasteiger partial charge in [0.1, 0.15) is 17.0 Å². The fourth-order valence-electron chi connectivity index (χ4n) is 2.62. The lowest BCUT2D eigenvalue weighted by molar-refractivity contribution is 0.0920. The van der Waals surface area contributed by atoms with Gasteiger partial charge in [-0.05, 0) is 42.9 Å². The van der Waals surface area contributed by atoms with Crippen LogP contribution in [0.1, 0.15) is 22.5 Å². The number of carbonyl (C=O) groups is 1. The molecule has 3 rings (SSSR count). The van der Waals surface area contributed by atoms with E-state index in [1.54, 1.807) is 35.8 Å². The molecule has 0 spiro atoms. The minimum absolute atomic E-state index is 0.282. The molecule has 1 atom stereocenters. The molecule has 2 heterocycles. The number of rotatable bonds is 4. The number of ether oxygens (including phenoxy) is 1. The summed E-state index contributed by atoms with van der Waals surface area (Å²) in [6.07, 6.45) is 2.38. The van der Waals surface area contributed by atoms with Crippen LogP contribution in [0.15, 0.2) is 30.5 Å². The molecule has 0 saturated carbocycles. The molecule has 1 fully saturated rings. The lowest BCUT2D eigenvalue weighted by Gasteiger charge is -2.20. The van der Waals surface area contributed by atoms with E-state index in [0.717, 1.165) is 17.0 Å². The van der Waals surface area contributed by atoms with E-state index in [2.05, 4.69) is 16.5 Å². The van der Waals surface area contributed by atoms with Gasteiger partial charge in [0.25, 0.3) is 5.91 Å². The van der Waals surface area contributed by atoms with Gasteiger partial charge in [0, 0.05) is 11.9 Å². The molecule has 124 valence electrons. The molecule has 0 radical (unpaired) electrons. The molecule has 1 unspecified atom stereocenters. The number of carbonyl (C=O) groups excluding carboxylic acids is 1. The fraction of sp³-hybridized carbons (Fsp3) is 0.353. The maximum Gasteiger partial charge on any atom is 0.273 e. The van der Waals surface area contributed by atoms with Crippen LogP contribution in [-0.4, -0.2) is 39.8 Å². The average molecular weight is 342 g/mol. The molecular weight excluding hydrogens is 324 g/mol. The van der Waals surface area contributed by atoms with Crippen molar-refractivity contribution >= 4 is 17.7 Å². The monoisotopic (exact) mass is 342 g/mol. The van der Waals surface area contributed by atoms with Crippen molar-refractivity contribution in [2.75, 3.05) is 18.6 Å². The lowest BCUT2D eigenvalue weighted by Crippen LogP contribution is -2.47. The van der Waals surface area contributed by atoms with E-state index >= 15 is 0 Å². The number of hydrogen-bond donors (Lipinski definition) is 1. The summed E-state index contributed by atoms with van der Waals surface area (Å²) in [5, 5.41) is 16.6. The number of benzene rings is 1. The minimum Gasteiger partial charge on any atom is -0.494 e. The van der Waals surface area contributed by atoms with Gasteiger partial charge >= 0.3 is 0 Å². The summed E-state index contributed by atoms with van der Waals surface area (Å²) >= 11 is 1.67. The Bertz CT molecular complexity index is 803. The van der Waals surface area contributed by atoms with E-state index in [4.69, 9.17) is 4.74 Å². The summed E-state index contributed by atoms with van der Waals surface area (Å²) < 4.78 is 6.97. The lowest BCUT2D eigenvalue weighted by atomic mass is 10.0. The third-order valence-corrected chi connectivity index (χ3v) is 5.18. The fourth-order valence-corrected chi connectivity index (χ4v) is 3.89. The third kappa shape index (κ3) is 3.10. The number of methoxy groups -OCH3 is 1. The highest BCUT2D eigenvalue weighted by molar-refractivity contribution is 7.99. The van der Waals surface area contributed by atoms with Crippen molar-refractivity contribution in [2.24, 2.45) is 0 Å². The quantitative estimate of drug-likeness (QED) is 0.922. The van der Waals surface area contributed by atoms with Crippen LogP contribution in [0.4, 0.5) is 0 Å². The van der Waals surface area contributed by atoms with Crippen molar-refractivity contribution in [1.82, 2.24) is 15.1 Å². The SMILES string of the molecule is COc1ccc(C)cc1-n1ccc(C(=O)NC2(C#N)CCSC2)n1. The van der Waals surface area contributed by atoms with Crippen molar-refractivity contribution in [3.63, 3.8) is 0 Å². The zero-order valence-electron chi connectivity index (χ0n) is 13.6. The van der Waals surface area contributed by atoms with Crippen LogP contribution in [0.5, 0.6) is 5.75 Å². The number of aromatic nitrogens is 2. The molecule has 1 saturated heterocycles. The largest absolute Gasteiger partial charge is 0.494 e. The van der Waals surface area contributed by atoms with E-state index < -0.39 is 5.54 Å². The number of hydrogen-bond acceptors (Lipinski definition) is 5. The summed E-state index contributed by atoms with van der Waals surface area (Å²) in [4.78, 5) is 12.5. The van der Waals surface area contributed by atoms with Gasteiger partial charge in [0.15, 0.2) is 5.69 Å². The van der Waals surface area contributed by atoms with Crippen molar-refractivity contribution in [3.8, 4) is 17.5 Å². The summed E-state index contributed by atoms with van der Waals surface area (Å²) in [7, 11) is 1.60. The molecule has 0 aliphatic carbocycles. The Balaban J connectivity index is 1.85. The molecule has 24 heavy (non-hydrogen) atoms. The topological polar surface area (TPSA) is 79.9 Å². The number of nitrogens with zero attached hydrogens (tertiary/aromatic N) is 3. The van der Waals surface area contributed by atoms with E-state index in [9.17, 15) is 10.1 Å². The van der Waals surface area contributed by atoms with Crippen LogP contribution in [0, 0.1) is 18.3 Å². The molecule has 1 aliphatic rings. The molecular formula is C17H18N4O2S. The highest BCUT2D eigenvalue weighted by atomic mass is 32.2. The predicted molar refractivity (Wildman–Crippen MR) is 92.6 cm³/mol. The van der Waals surface area contributed by atoms with Gasteiger partial charge in [-0.3, -0.25) is 4.79 Å². The van der Waals surface area contributed by atoms with E-state index in [0.29, 0.717) is 17.9 Å². The van der Waals surface area contributed by atoms with Gasteiger partial charge in [-0.15, -0.1) is 0 Å². The number of nitriles is 1. The Labute approximate surface area is 144 Å². The van der Waals surface area contributed by atoms with Gasteiger partial charge in [0.05, 0.1) is 13.2 Å². The maximum absolute atomic E-state index is 12.5. The van der Waals surface area contributed by atoms with Crippen LogP contribution in [-0.2, 0) is 0 Å². The summed E-state index contributed by atoms with van der Waals surface area (Å²) in [6, 6.07) is 9.64. The second-order valence-electron chi connectivity index (χ2n) is 5.77. The second-order valence-corrected chi connectivity index (χ2v) is 6.88. The van der Waals surface area contributed by atoms with Gasteiger partial charge in [-0.2, -0.15) is 22.1 Å². The van der Waals surface area contributed by atoms with Crippen LogP contribution in [0.2, 0.25) is 0 Å². The normalized spacial score (nSPS) is 19.7.